The highest BCUT2D eigenvalue weighted by molar-refractivity contribution is 5.21. The standard InChI is InChI=1S/C14H20F4N2/c1-4-12(19)13(14(16,17)18)20(3)9(2)10-7-5-6-8-11(10)15/h5-9,12-13H,4,19H2,1-3H3. The summed E-state index contributed by atoms with van der Waals surface area (Å²) in [7, 11) is 1.32. The monoisotopic (exact) mass is 292 g/mol. The van der Waals surface area contributed by atoms with Gasteiger partial charge in [-0.1, -0.05) is 25.1 Å². The molecular formula is C14H20F4N2. The topological polar surface area (TPSA) is 29.3 Å². The van der Waals surface area contributed by atoms with Crippen LogP contribution in [0.3, 0.4) is 0 Å². The third kappa shape index (κ3) is 3.70. The van der Waals surface area contributed by atoms with Gasteiger partial charge in [0, 0.05) is 17.6 Å². The molecule has 1 aromatic carbocycles. The van der Waals surface area contributed by atoms with Gasteiger partial charge >= 0.3 is 6.18 Å². The number of halogens is 4. The van der Waals surface area contributed by atoms with Gasteiger partial charge in [0.25, 0.3) is 0 Å². The van der Waals surface area contributed by atoms with Gasteiger partial charge in [-0.15, -0.1) is 0 Å². The Kier molecular flexibility index (Phi) is 5.53. The highest BCUT2D eigenvalue weighted by atomic mass is 19.4. The molecule has 114 valence electrons. The molecular weight excluding hydrogens is 272 g/mol. The maximum Gasteiger partial charge on any atom is 0.405 e. The van der Waals surface area contributed by atoms with Crippen LogP contribution in [0.15, 0.2) is 24.3 Å². The Morgan fingerprint density at radius 1 is 1.25 bits per heavy atom. The Labute approximate surface area is 116 Å². The molecule has 0 saturated heterocycles. The Morgan fingerprint density at radius 3 is 2.25 bits per heavy atom. The van der Waals surface area contributed by atoms with Gasteiger partial charge in [-0.25, -0.2) is 4.39 Å². The van der Waals surface area contributed by atoms with E-state index in [-0.39, 0.29) is 12.0 Å². The molecule has 0 aliphatic rings. The van der Waals surface area contributed by atoms with E-state index >= 15 is 0 Å². The van der Waals surface area contributed by atoms with Crippen LogP contribution in [-0.4, -0.2) is 30.2 Å². The summed E-state index contributed by atoms with van der Waals surface area (Å²) in [6, 6.07) is 2.26. The first-order chi connectivity index (χ1) is 9.20. The molecule has 2 N–H and O–H groups in total. The van der Waals surface area contributed by atoms with Gasteiger partial charge in [-0.05, 0) is 26.5 Å². The number of benzene rings is 1. The van der Waals surface area contributed by atoms with Gasteiger partial charge in [0.1, 0.15) is 11.9 Å². The van der Waals surface area contributed by atoms with Crippen molar-refractivity contribution in [2.75, 3.05) is 7.05 Å². The van der Waals surface area contributed by atoms with E-state index in [1.807, 2.05) is 0 Å². The highest BCUT2D eigenvalue weighted by Gasteiger charge is 2.46. The third-order valence-electron chi connectivity index (χ3n) is 3.62. The molecule has 1 aromatic rings. The summed E-state index contributed by atoms with van der Waals surface area (Å²) in [6.07, 6.45) is -4.26. The lowest BCUT2D eigenvalue weighted by molar-refractivity contribution is -0.191. The molecule has 0 aromatic heterocycles. The van der Waals surface area contributed by atoms with E-state index < -0.39 is 30.1 Å². The second-order valence-electron chi connectivity index (χ2n) is 4.92. The zero-order chi connectivity index (χ0) is 15.5. The van der Waals surface area contributed by atoms with Gasteiger partial charge < -0.3 is 5.73 Å². The highest BCUT2D eigenvalue weighted by Crippen LogP contribution is 2.33. The van der Waals surface area contributed by atoms with Crippen LogP contribution in [0.25, 0.3) is 0 Å². The minimum absolute atomic E-state index is 0.193. The lowest BCUT2D eigenvalue weighted by atomic mass is 9.99. The first kappa shape index (κ1) is 16.9. The summed E-state index contributed by atoms with van der Waals surface area (Å²) in [5, 5.41) is 0. The smallest absolute Gasteiger partial charge is 0.326 e. The summed E-state index contributed by atoms with van der Waals surface area (Å²) < 4.78 is 53.2. The van der Waals surface area contributed by atoms with Gasteiger partial charge in [-0.2, -0.15) is 13.2 Å². The molecule has 0 radical (unpaired) electrons. The molecule has 3 unspecified atom stereocenters. The summed E-state index contributed by atoms with van der Waals surface area (Å²) in [5.74, 6) is -0.516. The van der Waals surface area contributed by atoms with E-state index in [0.717, 1.165) is 4.90 Å². The number of nitrogens with zero attached hydrogens (tertiary/aromatic N) is 1. The van der Waals surface area contributed by atoms with E-state index in [9.17, 15) is 17.6 Å². The minimum Gasteiger partial charge on any atom is -0.326 e. The Balaban J connectivity index is 3.07. The van der Waals surface area contributed by atoms with Crippen molar-refractivity contribution in [3.8, 4) is 0 Å². The predicted molar refractivity (Wildman–Crippen MR) is 70.7 cm³/mol. The van der Waals surface area contributed by atoms with Crippen molar-refractivity contribution >= 4 is 0 Å². The number of likely N-dealkylation sites (N-methyl/N-ethyl adjacent to an activating group) is 1. The molecule has 0 aliphatic heterocycles. The van der Waals surface area contributed by atoms with Crippen molar-refractivity contribution in [2.45, 2.75) is 44.6 Å². The molecule has 0 heterocycles. The van der Waals surface area contributed by atoms with E-state index in [0.29, 0.717) is 0 Å². The maximum atomic E-state index is 13.7. The van der Waals surface area contributed by atoms with Crippen LogP contribution in [0.5, 0.6) is 0 Å². The van der Waals surface area contributed by atoms with Crippen LogP contribution in [0.1, 0.15) is 31.9 Å². The van der Waals surface area contributed by atoms with E-state index in [4.69, 9.17) is 5.73 Å². The number of nitrogens with two attached hydrogens (primary N) is 1. The first-order valence-electron chi connectivity index (χ1n) is 6.48. The summed E-state index contributed by atoms with van der Waals surface area (Å²) in [5.41, 5.74) is 5.83. The Hall–Kier alpha value is -1.14. The average molecular weight is 292 g/mol. The van der Waals surface area contributed by atoms with Gasteiger partial charge in [-0.3, -0.25) is 4.90 Å². The van der Waals surface area contributed by atoms with Crippen molar-refractivity contribution in [2.24, 2.45) is 5.73 Å². The molecule has 6 heteroatoms. The molecule has 0 fully saturated rings. The fourth-order valence-corrected chi connectivity index (χ4v) is 2.27. The van der Waals surface area contributed by atoms with Crippen molar-refractivity contribution in [1.82, 2.24) is 4.90 Å². The largest absolute Gasteiger partial charge is 0.405 e. The quantitative estimate of drug-likeness (QED) is 0.842. The van der Waals surface area contributed by atoms with Crippen molar-refractivity contribution < 1.29 is 17.6 Å². The van der Waals surface area contributed by atoms with Crippen LogP contribution < -0.4 is 5.73 Å². The first-order valence-corrected chi connectivity index (χ1v) is 6.48. The lowest BCUT2D eigenvalue weighted by Crippen LogP contribution is -2.55. The van der Waals surface area contributed by atoms with E-state index in [1.54, 1.807) is 19.9 Å². The summed E-state index contributed by atoms with van der Waals surface area (Å²) in [4.78, 5) is 1.09. The number of alkyl halides is 3. The van der Waals surface area contributed by atoms with Crippen LogP contribution >= 0.6 is 0 Å². The molecule has 0 amide bonds. The van der Waals surface area contributed by atoms with E-state index in [2.05, 4.69) is 0 Å². The molecule has 1 rings (SSSR count). The van der Waals surface area contributed by atoms with Crippen molar-refractivity contribution in [3.05, 3.63) is 35.6 Å². The third-order valence-corrected chi connectivity index (χ3v) is 3.62. The molecule has 0 saturated carbocycles. The van der Waals surface area contributed by atoms with E-state index in [1.165, 1.54) is 25.2 Å². The maximum absolute atomic E-state index is 13.7. The minimum atomic E-state index is -4.45. The van der Waals surface area contributed by atoms with Gasteiger partial charge in [0.2, 0.25) is 0 Å². The Bertz CT molecular complexity index is 433. The van der Waals surface area contributed by atoms with Crippen LogP contribution in [0.4, 0.5) is 17.6 Å². The molecule has 3 atom stereocenters. The molecule has 0 aliphatic carbocycles. The number of rotatable bonds is 5. The Morgan fingerprint density at radius 2 is 1.80 bits per heavy atom. The summed E-state index contributed by atoms with van der Waals surface area (Å²) in [6.45, 7) is 3.14. The zero-order valence-corrected chi connectivity index (χ0v) is 11.8. The van der Waals surface area contributed by atoms with Crippen LogP contribution in [-0.2, 0) is 0 Å². The second kappa shape index (κ2) is 6.54. The van der Waals surface area contributed by atoms with Crippen molar-refractivity contribution in [3.63, 3.8) is 0 Å². The normalized spacial score (nSPS) is 17.1. The van der Waals surface area contributed by atoms with Crippen LogP contribution in [0, 0.1) is 5.82 Å². The fraction of sp³-hybridized carbons (Fsp3) is 0.571. The predicted octanol–water partition coefficient (Wildman–Crippen LogP) is 3.49. The van der Waals surface area contributed by atoms with Crippen molar-refractivity contribution in [1.29, 1.82) is 0 Å². The molecule has 0 spiro atoms. The fourth-order valence-electron chi connectivity index (χ4n) is 2.27. The average Bonchev–Trinajstić information content (AvgIpc) is 2.36. The molecule has 2 nitrogen and oxygen atoms in total. The van der Waals surface area contributed by atoms with Gasteiger partial charge in [0.15, 0.2) is 0 Å². The molecule has 0 bridgehead atoms. The lowest BCUT2D eigenvalue weighted by Gasteiger charge is -2.37. The summed E-state index contributed by atoms with van der Waals surface area (Å²) >= 11 is 0. The number of hydrogen-bond donors (Lipinski definition) is 1. The number of hydrogen-bond acceptors (Lipinski definition) is 2. The van der Waals surface area contributed by atoms with Crippen LogP contribution in [0.2, 0.25) is 0 Å². The van der Waals surface area contributed by atoms with Gasteiger partial charge in [0.05, 0.1) is 0 Å². The SMILES string of the molecule is CCC(N)C(N(C)C(C)c1ccccc1F)C(F)(F)F. The zero-order valence-electron chi connectivity index (χ0n) is 11.8. The second-order valence-corrected chi connectivity index (χ2v) is 4.92. The molecule has 20 heavy (non-hydrogen) atoms.